The van der Waals surface area contributed by atoms with Crippen molar-refractivity contribution in [1.82, 2.24) is 5.32 Å². The van der Waals surface area contributed by atoms with E-state index in [2.05, 4.69) is 42.2 Å². The number of hydrogen-bond acceptors (Lipinski definition) is 6. The summed E-state index contributed by atoms with van der Waals surface area (Å²) in [6.45, 7) is 0. The molecule has 2 aromatic carbocycles. The van der Waals surface area contributed by atoms with E-state index < -0.39 is 5.97 Å². The van der Waals surface area contributed by atoms with Crippen molar-refractivity contribution in [2.45, 2.75) is 0 Å². The Morgan fingerprint density at radius 1 is 1.31 bits per heavy atom. The number of thioether (sulfide) groups is 1. The number of carboxylic acid groups (broad SMARTS) is 1. The lowest BCUT2D eigenvalue weighted by Crippen LogP contribution is -2.19. The predicted molar refractivity (Wildman–Crippen MR) is 119 cm³/mol. The fourth-order valence-electron chi connectivity index (χ4n) is 2.36. The van der Waals surface area contributed by atoms with Crippen molar-refractivity contribution in [2.75, 3.05) is 7.11 Å². The maximum absolute atomic E-state index is 12.3. The second kappa shape index (κ2) is 8.78. The molecule has 0 radical (unpaired) electrons. The number of phenolic OH excluding ortho intramolecular Hbond substituents is 1. The normalized spacial score (nSPS) is 16.3. The Morgan fingerprint density at radius 2 is 2.03 bits per heavy atom. The number of phenols is 1. The first kappa shape index (κ1) is 21.7. The van der Waals surface area contributed by atoms with Crippen LogP contribution in [-0.2, 0) is 4.79 Å². The first-order valence-corrected chi connectivity index (χ1v) is 10.6. The number of halogens is 3. The summed E-state index contributed by atoms with van der Waals surface area (Å²) in [5.74, 6) is -1.36. The molecule has 1 heterocycles. The van der Waals surface area contributed by atoms with Gasteiger partial charge in [0.05, 0.1) is 32.8 Å². The standard InChI is InChI=1S/C18H11Br2ClN2O5S/c1-28-11-4-7(13(19)14(20)15(11)24)5-12-16(25)23-18(29-12)22-8-2-3-10(21)9(6-8)17(26)27/h2-6,24H,1H3,(H,26,27)(H,22,23,25). The van der Waals surface area contributed by atoms with Gasteiger partial charge in [-0.15, -0.1) is 0 Å². The average molecular weight is 563 g/mol. The number of carbonyl (C=O) groups is 2. The van der Waals surface area contributed by atoms with Gasteiger partial charge in [0, 0.05) is 4.47 Å². The molecule has 1 saturated heterocycles. The third-order valence-electron chi connectivity index (χ3n) is 3.74. The molecular weight excluding hydrogens is 552 g/mol. The number of nitrogens with one attached hydrogen (secondary N) is 1. The van der Waals surface area contributed by atoms with Gasteiger partial charge in [0.2, 0.25) is 0 Å². The lowest BCUT2D eigenvalue weighted by molar-refractivity contribution is -0.115. The van der Waals surface area contributed by atoms with Crippen molar-refractivity contribution >= 4 is 84.0 Å². The monoisotopic (exact) mass is 560 g/mol. The van der Waals surface area contributed by atoms with Crippen LogP contribution in [0.2, 0.25) is 5.02 Å². The Labute approximate surface area is 191 Å². The maximum atomic E-state index is 12.3. The number of carboxylic acids is 1. The van der Waals surface area contributed by atoms with Gasteiger partial charge >= 0.3 is 5.97 Å². The fraction of sp³-hybridized carbons (Fsp3) is 0.0556. The molecule has 3 N–H and O–H groups in total. The molecular formula is C18H11Br2ClN2O5S. The van der Waals surface area contributed by atoms with Crippen molar-refractivity contribution in [3.05, 3.63) is 54.3 Å². The molecule has 11 heteroatoms. The highest BCUT2D eigenvalue weighted by Crippen LogP contribution is 2.43. The fourth-order valence-corrected chi connectivity index (χ4v) is 4.23. The van der Waals surface area contributed by atoms with E-state index in [-0.39, 0.29) is 28.0 Å². The minimum Gasteiger partial charge on any atom is -0.503 e. The van der Waals surface area contributed by atoms with E-state index in [4.69, 9.17) is 21.4 Å². The number of carbonyl (C=O) groups excluding carboxylic acids is 1. The van der Waals surface area contributed by atoms with Crippen LogP contribution in [0.25, 0.3) is 6.08 Å². The van der Waals surface area contributed by atoms with Gasteiger partial charge < -0.3 is 20.3 Å². The zero-order valence-electron chi connectivity index (χ0n) is 14.5. The summed E-state index contributed by atoms with van der Waals surface area (Å²) < 4.78 is 6.07. The highest BCUT2D eigenvalue weighted by molar-refractivity contribution is 9.13. The van der Waals surface area contributed by atoms with Crippen molar-refractivity contribution < 1.29 is 24.5 Å². The molecule has 150 valence electrons. The Morgan fingerprint density at radius 3 is 2.69 bits per heavy atom. The number of aromatic carboxylic acids is 1. The molecule has 2 aromatic rings. The highest BCUT2D eigenvalue weighted by Gasteiger charge is 2.25. The molecule has 0 bridgehead atoms. The number of methoxy groups -OCH3 is 1. The summed E-state index contributed by atoms with van der Waals surface area (Å²) in [6.07, 6.45) is 1.61. The molecule has 0 aliphatic carbocycles. The Bertz CT molecular complexity index is 1100. The first-order chi connectivity index (χ1) is 13.7. The number of amides is 1. The number of amidine groups is 1. The van der Waals surface area contributed by atoms with Gasteiger partial charge in [-0.25, -0.2) is 9.79 Å². The van der Waals surface area contributed by atoms with Crippen LogP contribution in [0.4, 0.5) is 5.69 Å². The van der Waals surface area contributed by atoms with Gasteiger partial charge in [0.25, 0.3) is 5.91 Å². The molecule has 1 fully saturated rings. The van der Waals surface area contributed by atoms with Gasteiger partial charge in [-0.3, -0.25) is 4.79 Å². The van der Waals surface area contributed by atoms with Crippen LogP contribution in [-0.4, -0.2) is 34.4 Å². The summed E-state index contributed by atoms with van der Waals surface area (Å²) in [7, 11) is 1.42. The van der Waals surface area contributed by atoms with E-state index in [9.17, 15) is 14.7 Å². The number of aromatic hydroxyl groups is 1. The van der Waals surface area contributed by atoms with E-state index in [0.717, 1.165) is 11.8 Å². The number of hydrogen-bond donors (Lipinski definition) is 3. The zero-order chi connectivity index (χ0) is 21.3. The Balaban J connectivity index is 1.93. The van der Waals surface area contributed by atoms with Crippen LogP contribution in [0.3, 0.4) is 0 Å². The molecule has 3 rings (SSSR count). The second-order valence-corrected chi connectivity index (χ2v) is 8.62. The lowest BCUT2D eigenvalue weighted by atomic mass is 10.2. The quantitative estimate of drug-likeness (QED) is 0.444. The highest BCUT2D eigenvalue weighted by atomic mass is 79.9. The topological polar surface area (TPSA) is 108 Å². The molecule has 1 amide bonds. The van der Waals surface area contributed by atoms with Gasteiger partial charge in [-0.05, 0) is 79.5 Å². The van der Waals surface area contributed by atoms with Crippen LogP contribution in [0.15, 0.2) is 43.1 Å². The third kappa shape index (κ3) is 4.61. The molecule has 7 nitrogen and oxygen atoms in total. The van der Waals surface area contributed by atoms with Gasteiger partial charge in [-0.1, -0.05) is 11.6 Å². The lowest BCUT2D eigenvalue weighted by Gasteiger charge is -2.10. The largest absolute Gasteiger partial charge is 0.503 e. The minimum atomic E-state index is -1.17. The number of aliphatic imine (C=N–C) groups is 1. The average Bonchev–Trinajstić information content (AvgIpc) is 3.02. The molecule has 0 spiro atoms. The maximum Gasteiger partial charge on any atom is 0.337 e. The van der Waals surface area contributed by atoms with Gasteiger partial charge in [0.1, 0.15) is 0 Å². The number of nitrogens with zero attached hydrogens (tertiary/aromatic N) is 1. The van der Waals surface area contributed by atoms with Gasteiger partial charge in [0.15, 0.2) is 16.7 Å². The van der Waals surface area contributed by atoms with E-state index in [1.54, 1.807) is 18.2 Å². The van der Waals surface area contributed by atoms with Crippen molar-refractivity contribution in [1.29, 1.82) is 0 Å². The zero-order valence-corrected chi connectivity index (χ0v) is 19.2. The molecule has 0 unspecified atom stereocenters. The van der Waals surface area contributed by atoms with Crippen LogP contribution in [0.5, 0.6) is 11.5 Å². The van der Waals surface area contributed by atoms with Gasteiger partial charge in [-0.2, -0.15) is 0 Å². The molecule has 29 heavy (non-hydrogen) atoms. The number of rotatable bonds is 4. The molecule has 0 saturated carbocycles. The summed E-state index contributed by atoms with van der Waals surface area (Å²) in [5.41, 5.74) is 0.861. The van der Waals surface area contributed by atoms with E-state index >= 15 is 0 Å². The molecule has 0 aromatic heterocycles. The summed E-state index contributed by atoms with van der Waals surface area (Å²) in [4.78, 5) is 28.2. The van der Waals surface area contributed by atoms with Crippen molar-refractivity contribution in [2.24, 2.45) is 4.99 Å². The molecule has 1 aliphatic heterocycles. The van der Waals surface area contributed by atoms with Crippen LogP contribution in [0, 0.1) is 0 Å². The third-order valence-corrected chi connectivity index (χ3v) is 7.14. The first-order valence-electron chi connectivity index (χ1n) is 7.78. The number of ether oxygens (including phenoxy) is 1. The molecule has 0 atom stereocenters. The van der Waals surface area contributed by atoms with Crippen molar-refractivity contribution in [3.63, 3.8) is 0 Å². The number of benzene rings is 2. The Hall–Kier alpha value is -2.01. The summed E-state index contributed by atoms with van der Waals surface area (Å²) in [6, 6.07) is 5.89. The van der Waals surface area contributed by atoms with E-state index in [1.807, 2.05) is 0 Å². The van der Waals surface area contributed by atoms with E-state index in [1.165, 1.54) is 19.2 Å². The predicted octanol–water partition coefficient (Wildman–Crippen LogP) is 5.17. The second-order valence-electron chi connectivity index (χ2n) is 5.60. The summed E-state index contributed by atoms with van der Waals surface area (Å²) >= 11 is 13.6. The smallest absolute Gasteiger partial charge is 0.337 e. The van der Waals surface area contributed by atoms with E-state index in [0.29, 0.717) is 30.3 Å². The van der Waals surface area contributed by atoms with Crippen molar-refractivity contribution in [3.8, 4) is 11.5 Å². The molecule has 1 aliphatic rings. The van der Waals surface area contributed by atoms with Crippen LogP contribution < -0.4 is 10.1 Å². The summed E-state index contributed by atoms with van der Waals surface area (Å²) in [5, 5.41) is 22.2. The van der Waals surface area contributed by atoms with Crippen LogP contribution in [0.1, 0.15) is 15.9 Å². The SMILES string of the molecule is COc1cc(C=C2SC(=Nc3ccc(Cl)c(C(=O)O)c3)NC2=O)c(Br)c(Br)c1O. The Kier molecular flexibility index (Phi) is 6.57. The minimum absolute atomic E-state index is 0.0655. The van der Waals surface area contributed by atoms with Crippen LogP contribution >= 0.6 is 55.2 Å².